The molecule has 5 nitrogen and oxygen atoms in total. The SMILES string of the molecule is Cc1cc(C)c2c(C)c(C(=O)N3CCCN(c4ccc(C(F)(F)F)cn4)CC3)sc2n1. The normalized spacial score (nSPS) is 15.4. The molecule has 164 valence electrons. The molecule has 0 saturated carbocycles. The number of carbonyl (C=O) groups excluding carboxylic acids is 1. The van der Waals surface area contributed by atoms with Crippen molar-refractivity contribution < 1.29 is 18.0 Å². The van der Waals surface area contributed by atoms with Crippen LogP contribution in [0.1, 0.15) is 38.5 Å². The number of fused-ring (bicyclic) bond motifs is 1. The lowest BCUT2D eigenvalue weighted by molar-refractivity contribution is -0.137. The number of rotatable bonds is 2. The number of nitrogens with zero attached hydrogens (tertiary/aromatic N) is 4. The molecule has 4 heterocycles. The molecular formula is C22H23F3N4OS. The number of aryl methyl sites for hydroxylation is 3. The van der Waals surface area contributed by atoms with Crippen molar-refractivity contribution in [2.45, 2.75) is 33.4 Å². The van der Waals surface area contributed by atoms with E-state index in [9.17, 15) is 18.0 Å². The molecule has 1 amide bonds. The Morgan fingerprint density at radius 1 is 1.10 bits per heavy atom. The van der Waals surface area contributed by atoms with E-state index < -0.39 is 11.7 Å². The number of halogens is 3. The van der Waals surface area contributed by atoms with Crippen molar-refractivity contribution in [2.24, 2.45) is 0 Å². The summed E-state index contributed by atoms with van der Waals surface area (Å²) in [4.78, 5) is 27.2. The minimum Gasteiger partial charge on any atom is -0.355 e. The topological polar surface area (TPSA) is 49.3 Å². The van der Waals surface area contributed by atoms with Crippen LogP contribution in [-0.4, -0.2) is 47.0 Å². The zero-order valence-corrected chi connectivity index (χ0v) is 18.4. The van der Waals surface area contributed by atoms with E-state index in [1.54, 1.807) is 0 Å². The molecule has 0 bridgehead atoms. The number of amides is 1. The maximum absolute atomic E-state index is 13.3. The maximum Gasteiger partial charge on any atom is 0.417 e. The Bertz CT molecular complexity index is 1120. The third-order valence-corrected chi connectivity index (χ3v) is 6.78. The molecule has 0 atom stereocenters. The highest BCUT2D eigenvalue weighted by Crippen LogP contribution is 2.33. The number of thiophene rings is 1. The summed E-state index contributed by atoms with van der Waals surface area (Å²) < 4.78 is 38.4. The first-order valence-corrected chi connectivity index (χ1v) is 10.9. The maximum atomic E-state index is 13.3. The van der Waals surface area contributed by atoms with Crippen LogP contribution in [0.3, 0.4) is 0 Å². The number of aromatic nitrogens is 2. The Morgan fingerprint density at radius 2 is 1.87 bits per heavy atom. The van der Waals surface area contributed by atoms with E-state index in [-0.39, 0.29) is 5.91 Å². The van der Waals surface area contributed by atoms with Crippen molar-refractivity contribution in [3.63, 3.8) is 0 Å². The molecule has 0 aliphatic carbocycles. The van der Waals surface area contributed by atoms with Gasteiger partial charge in [0.1, 0.15) is 10.6 Å². The number of hydrogen-bond donors (Lipinski definition) is 0. The van der Waals surface area contributed by atoms with Crippen LogP contribution in [0.2, 0.25) is 0 Å². The smallest absolute Gasteiger partial charge is 0.355 e. The summed E-state index contributed by atoms with van der Waals surface area (Å²) >= 11 is 1.43. The van der Waals surface area contributed by atoms with E-state index in [4.69, 9.17) is 0 Å². The number of carbonyl (C=O) groups is 1. The summed E-state index contributed by atoms with van der Waals surface area (Å²) in [6.07, 6.45) is -2.82. The fraction of sp³-hybridized carbons (Fsp3) is 0.409. The molecule has 31 heavy (non-hydrogen) atoms. The van der Waals surface area contributed by atoms with Gasteiger partial charge in [-0.2, -0.15) is 13.2 Å². The quantitative estimate of drug-likeness (QED) is 0.554. The van der Waals surface area contributed by atoms with Crippen LogP contribution in [0, 0.1) is 20.8 Å². The molecule has 1 fully saturated rings. The first kappa shape index (κ1) is 21.5. The second kappa shape index (κ2) is 8.11. The first-order valence-electron chi connectivity index (χ1n) is 10.1. The predicted octanol–water partition coefficient (Wildman–Crippen LogP) is 4.99. The summed E-state index contributed by atoms with van der Waals surface area (Å²) in [5.74, 6) is 0.482. The Kier molecular flexibility index (Phi) is 5.63. The molecule has 0 spiro atoms. The van der Waals surface area contributed by atoms with E-state index in [1.807, 2.05) is 36.6 Å². The second-order valence-electron chi connectivity index (χ2n) is 7.85. The molecule has 0 N–H and O–H groups in total. The molecule has 3 aromatic heterocycles. The lowest BCUT2D eigenvalue weighted by Crippen LogP contribution is -2.35. The third-order valence-electron chi connectivity index (χ3n) is 5.60. The van der Waals surface area contributed by atoms with Gasteiger partial charge in [0.2, 0.25) is 0 Å². The van der Waals surface area contributed by atoms with Gasteiger partial charge in [-0.05, 0) is 56.5 Å². The van der Waals surface area contributed by atoms with E-state index >= 15 is 0 Å². The van der Waals surface area contributed by atoms with Gasteiger partial charge in [0.25, 0.3) is 5.91 Å². The van der Waals surface area contributed by atoms with Crippen molar-refractivity contribution >= 4 is 33.3 Å². The Balaban J connectivity index is 1.51. The molecule has 0 aromatic carbocycles. The summed E-state index contributed by atoms with van der Waals surface area (Å²) in [6, 6.07) is 4.47. The number of pyridine rings is 2. The largest absolute Gasteiger partial charge is 0.417 e. The predicted molar refractivity (Wildman–Crippen MR) is 116 cm³/mol. The molecular weight excluding hydrogens is 425 g/mol. The van der Waals surface area contributed by atoms with Crippen LogP contribution in [-0.2, 0) is 6.18 Å². The van der Waals surface area contributed by atoms with Crippen LogP contribution >= 0.6 is 11.3 Å². The van der Waals surface area contributed by atoms with Crippen LogP contribution in [0.4, 0.5) is 19.0 Å². The summed E-state index contributed by atoms with van der Waals surface area (Å²) in [6.45, 7) is 8.17. The minimum atomic E-state index is -4.40. The zero-order valence-electron chi connectivity index (χ0n) is 17.6. The molecule has 3 aromatic rings. The monoisotopic (exact) mass is 448 g/mol. The Morgan fingerprint density at radius 3 is 2.55 bits per heavy atom. The van der Waals surface area contributed by atoms with Crippen molar-refractivity contribution in [3.8, 4) is 0 Å². The van der Waals surface area contributed by atoms with Gasteiger partial charge in [-0.1, -0.05) is 0 Å². The van der Waals surface area contributed by atoms with Crippen molar-refractivity contribution in [3.05, 3.63) is 51.7 Å². The number of hydrogen-bond acceptors (Lipinski definition) is 5. The van der Waals surface area contributed by atoms with Gasteiger partial charge in [0.05, 0.1) is 10.4 Å². The van der Waals surface area contributed by atoms with E-state index in [2.05, 4.69) is 9.97 Å². The highest BCUT2D eigenvalue weighted by Gasteiger charge is 2.31. The average molecular weight is 449 g/mol. The van der Waals surface area contributed by atoms with Gasteiger partial charge in [-0.25, -0.2) is 9.97 Å². The Hall–Kier alpha value is -2.68. The van der Waals surface area contributed by atoms with Crippen LogP contribution in [0.15, 0.2) is 24.4 Å². The van der Waals surface area contributed by atoms with Crippen molar-refractivity contribution in [2.75, 3.05) is 31.1 Å². The van der Waals surface area contributed by atoms with E-state index in [1.165, 1.54) is 17.4 Å². The summed E-state index contributed by atoms with van der Waals surface area (Å²) in [7, 11) is 0. The molecule has 0 unspecified atom stereocenters. The van der Waals surface area contributed by atoms with E-state index in [0.29, 0.717) is 36.9 Å². The first-order chi connectivity index (χ1) is 14.6. The van der Waals surface area contributed by atoms with Crippen LogP contribution < -0.4 is 4.90 Å². The van der Waals surface area contributed by atoms with Gasteiger partial charge in [-0.3, -0.25) is 4.79 Å². The molecule has 4 rings (SSSR count). The lowest BCUT2D eigenvalue weighted by atomic mass is 10.1. The van der Waals surface area contributed by atoms with Gasteiger partial charge < -0.3 is 9.80 Å². The van der Waals surface area contributed by atoms with Crippen LogP contribution in [0.25, 0.3) is 10.2 Å². The Labute approximate surface area is 182 Å². The molecule has 9 heteroatoms. The summed E-state index contributed by atoms with van der Waals surface area (Å²) in [5.41, 5.74) is 2.24. The van der Waals surface area contributed by atoms with Gasteiger partial charge in [-0.15, -0.1) is 11.3 Å². The van der Waals surface area contributed by atoms with Gasteiger partial charge in [0.15, 0.2) is 0 Å². The molecule has 1 aliphatic heterocycles. The number of alkyl halides is 3. The standard InChI is InChI=1S/C22H23F3N4OS/c1-13-11-14(2)27-20-18(13)15(3)19(31-20)21(30)29-8-4-7-28(9-10-29)17-6-5-16(12-26-17)22(23,24)25/h5-6,11-12H,4,7-10H2,1-3H3. The molecule has 0 radical (unpaired) electrons. The van der Waals surface area contributed by atoms with E-state index in [0.717, 1.165) is 45.7 Å². The highest BCUT2D eigenvalue weighted by atomic mass is 32.1. The van der Waals surface area contributed by atoms with Crippen molar-refractivity contribution in [1.82, 2.24) is 14.9 Å². The van der Waals surface area contributed by atoms with Crippen molar-refractivity contribution in [1.29, 1.82) is 0 Å². The summed E-state index contributed by atoms with van der Waals surface area (Å²) in [5, 5.41) is 1.05. The fourth-order valence-corrected chi connectivity index (χ4v) is 5.33. The van der Waals surface area contributed by atoms with Gasteiger partial charge in [0, 0.05) is 43.5 Å². The zero-order chi connectivity index (χ0) is 22.3. The van der Waals surface area contributed by atoms with Crippen LogP contribution in [0.5, 0.6) is 0 Å². The minimum absolute atomic E-state index is 0.0141. The molecule has 1 aliphatic rings. The average Bonchev–Trinajstić information content (AvgIpc) is 2.88. The molecule has 1 saturated heterocycles. The second-order valence-corrected chi connectivity index (χ2v) is 8.85. The fourth-order valence-electron chi connectivity index (χ4n) is 4.06. The highest BCUT2D eigenvalue weighted by molar-refractivity contribution is 7.20. The number of anilines is 1. The van der Waals surface area contributed by atoms with Gasteiger partial charge >= 0.3 is 6.18 Å². The third kappa shape index (κ3) is 4.23. The lowest BCUT2D eigenvalue weighted by Gasteiger charge is -2.23.